The fourth-order valence-electron chi connectivity index (χ4n) is 3.42. The smallest absolute Gasteiger partial charge is 0.252 e. The summed E-state index contributed by atoms with van der Waals surface area (Å²) < 4.78 is 0. The van der Waals surface area contributed by atoms with Crippen molar-refractivity contribution >= 4 is 28.4 Å². The summed E-state index contributed by atoms with van der Waals surface area (Å²) in [7, 11) is 0. The number of benzene rings is 1. The normalized spacial score (nSPS) is 20.0. The number of aromatic nitrogens is 1. The molecule has 128 valence electrons. The molecule has 3 rings (SSSR count). The predicted octanol–water partition coefficient (Wildman–Crippen LogP) is 3.74. The van der Waals surface area contributed by atoms with Gasteiger partial charge in [-0.15, -0.1) is 0 Å². The van der Waals surface area contributed by atoms with E-state index in [9.17, 15) is 4.79 Å². The number of hydrogen-bond acceptors (Lipinski definition) is 3. The molecule has 1 aromatic carbocycles. The van der Waals surface area contributed by atoms with E-state index in [2.05, 4.69) is 29.0 Å². The first-order valence-corrected chi connectivity index (χ1v) is 9.00. The largest absolute Gasteiger partial charge is 0.350 e. The Kier molecular flexibility index (Phi) is 5.36. The van der Waals surface area contributed by atoms with Gasteiger partial charge in [0, 0.05) is 24.5 Å². The molecule has 24 heavy (non-hydrogen) atoms. The molecule has 0 saturated carbocycles. The number of nitrogens with zero attached hydrogens (tertiary/aromatic N) is 2. The number of nitrogens with one attached hydrogen (secondary N) is 1. The van der Waals surface area contributed by atoms with Crippen molar-refractivity contribution in [2.24, 2.45) is 5.92 Å². The van der Waals surface area contributed by atoms with E-state index in [1.54, 1.807) is 6.07 Å². The fraction of sp³-hybridized carbons (Fsp3) is 0.474. The second-order valence-electron chi connectivity index (χ2n) is 6.81. The Morgan fingerprint density at radius 2 is 2.25 bits per heavy atom. The van der Waals surface area contributed by atoms with Crippen molar-refractivity contribution in [3.8, 4) is 0 Å². The van der Waals surface area contributed by atoms with Gasteiger partial charge >= 0.3 is 0 Å². The van der Waals surface area contributed by atoms with Gasteiger partial charge in [-0.05, 0) is 44.4 Å². The summed E-state index contributed by atoms with van der Waals surface area (Å²) in [5.74, 6) is 0.646. The summed E-state index contributed by atoms with van der Waals surface area (Å²) in [5, 5.41) is 4.24. The van der Waals surface area contributed by atoms with Crippen molar-refractivity contribution in [2.45, 2.75) is 32.7 Å². The lowest BCUT2D eigenvalue weighted by Gasteiger charge is -2.35. The van der Waals surface area contributed by atoms with E-state index >= 15 is 0 Å². The van der Waals surface area contributed by atoms with Crippen LogP contribution in [-0.4, -0.2) is 41.5 Å². The fourth-order valence-corrected chi connectivity index (χ4v) is 3.62. The van der Waals surface area contributed by atoms with Crippen LogP contribution in [0.3, 0.4) is 0 Å². The first-order chi connectivity index (χ1) is 11.5. The molecule has 4 nitrogen and oxygen atoms in total. The highest BCUT2D eigenvalue weighted by molar-refractivity contribution is 6.30. The van der Waals surface area contributed by atoms with E-state index in [4.69, 9.17) is 11.6 Å². The lowest BCUT2D eigenvalue weighted by molar-refractivity contribution is 0.0919. The topological polar surface area (TPSA) is 45.2 Å². The molecule has 2 atom stereocenters. The lowest BCUT2D eigenvalue weighted by Crippen LogP contribution is -2.46. The second-order valence-corrected chi connectivity index (χ2v) is 7.20. The lowest BCUT2D eigenvalue weighted by atomic mass is 9.99. The average molecular weight is 346 g/mol. The maximum atomic E-state index is 12.6. The van der Waals surface area contributed by atoms with E-state index in [0.717, 1.165) is 29.9 Å². The molecular weight excluding hydrogens is 322 g/mol. The summed E-state index contributed by atoms with van der Waals surface area (Å²) in [5.41, 5.74) is 1.33. The van der Waals surface area contributed by atoms with Crippen molar-refractivity contribution in [2.75, 3.05) is 19.6 Å². The number of amides is 1. The van der Waals surface area contributed by atoms with E-state index in [1.165, 1.54) is 12.8 Å². The van der Waals surface area contributed by atoms with Gasteiger partial charge < -0.3 is 5.32 Å². The van der Waals surface area contributed by atoms with Crippen molar-refractivity contribution in [1.29, 1.82) is 0 Å². The standard InChI is InChI=1S/C19H24ClN3O/c1-13-6-5-9-23(12-13)14(2)11-21-19(24)16-10-18(20)22-17-8-4-3-7-15(16)17/h3-4,7-8,10,13-14H,5-6,9,11-12H2,1-2H3,(H,21,24). The monoisotopic (exact) mass is 345 g/mol. The third-order valence-corrected chi connectivity index (χ3v) is 4.99. The van der Waals surface area contributed by atoms with Crippen LogP contribution in [-0.2, 0) is 0 Å². The second kappa shape index (κ2) is 7.49. The summed E-state index contributed by atoms with van der Waals surface area (Å²) in [6.07, 6.45) is 2.54. The minimum atomic E-state index is -0.0904. The third-order valence-electron chi connectivity index (χ3n) is 4.80. The minimum Gasteiger partial charge on any atom is -0.350 e. The van der Waals surface area contributed by atoms with Gasteiger partial charge in [0.15, 0.2) is 0 Å². The Labute approximate surface area is 148 Å². The number of carbonyl (C=O) groups is 1. The van der Waals surface area contributed by atoms with Crippen LogP contribution in [0, 0.1) is 5.92 Å². The summed E-state index contributed by atoms with van der Waals surface area (Å²) in [4.78, 5) is 19.4. The quantitative estimate of drug-likeness (QED) is 0.858. The number of likely N-dealkylation sites (tertiary alicyclic amines) is 1. The van der Waals surface area contributed by atoms with Gasteiger partial charge in [0.25, 0.3) is 5.91 Å². The van der Waals surface area contributed by atoms with E-state index < -0.39 is 0 Å². The number of piperidine rings is 1. The first kappa shape index (κ1) is 17.2. The van der Waals surface area contributed by atoms with Crippen LogP contribution < -0.4 is 5.32 Å². The Balaban J connectivity index is 1.69. The SMILES string of the molecule is CC1CCCN(C(C)CNC(=O)c2cc(Cl)nc3ccccc23)C1. The van der Waals surface area contributed by atoms with Gasteiger partial charge in [-0.2, -0.15) is 0 Å². The van der Waals surface area contributed by atoms with E-state index in [0.29, 0.717) is 23.3 Å². The molecule has 1 aliphatic rings. The molecular formula is C19H24ClN3O. The Morgan fingerprint density at radius 3 is 3.04 bits per heavy atom. The highest BCUT2D eigenvalue weighted by Crippen LogP contribution is 2.21. The molecule has 0 spiro atoms. The average Bonchev–Trinajstić information content (AvgIpc) is 2.58. The number of hydrogen-bond donors (Lipinski definition) is 1. The summed E-state index contributed by atoms with van der Waals surface area (Å²) in [6, 6.07) is 9.56. The zero-order valence-electron chi connectivity index (χ0n) is 14.3. The minimum absolute atomic E-state index is 0.0904. The van der Waals surface area contributed by atoms with Gasteiger partial charge in [-0.1, -0.05) is 36.7 Å². The number of para-hydroxylation sites is 1. The van der Waals surface area contributed by atoms with Crippen molar-refractivity contribution in [3.63, 3.8) is 0 Å². The van der Waals surface area contributed by atoms with Gasteiger partial charge in [0.05, 0.1) is 11.1 Å². The molecule has 1 N–H and O–H groups in total. The number of fused-ring (bicyclic) bond motifs is 1. The summed E-state index contributed by atoms with van der Waals surface area (Å²) in [6.45, 7) is 7.34. The highest BCUT2D eigenvalue weighted by Gasteiger charge is 2.21. The predicted molar refractivity (Wildman–Crippen MR) is 98.5 cm³/mol. The highest BCUT2D eigenvalue weighted by atomic mass is 35.5. The van der Waals surface area contributed by atoms with Crippen LogP contribution in [0.4, 0.5) is 0 Å². The number of halogens is 1. The molecule has 2 unspecified atom stereocenters. The third kappa shape index (κ3) is 3.87. The van der Waals surface area contributed by atoms with E-state index in [1.807, 2.05) is 24.3 Å². The van der Waals surface area contributed by atoms with Crippen LogP contribution >= 0.6 is 11.6 Å². The molecule has 1 aliphatic heterocycles. The van der Waals surface area contributed by atoms with E-state index in [-0.39, 0.29) is 5.91 Å². The van der Waals surface area contributed by atoms with Gasteiger partial charge in [-0.3, -0.25) is 9.69 Å². The van der Waals surface area contributed by atoms with Crippen LogP contribution in [0.15, 0.2) is 30.3 Å². The first-order valence-electron chi connectivity index (χ1n) is 8.62. The summed E-state index contributed by atoms with van der Waals surface area (Å²) >= 11 is 6.07. The van der Waals surface area contributed by atoms with Crippen LogP contribution in [0.1, 0.15) is 37.0 Å². The van der Waals surface area contributed by atoms with Crippen LogP contribution in [0.5, 0.6) is 0 Å². The molecule has 2 heterocycles. The molecule has 0 aliphatic carbocycles. The number of rotatable bonds is 4. The van der Waals surface area contributed by atoms with Gasteiger partial charge in [0.2, 0.25) is 0 Å². The maximum Gasteiger partial charge on any atom is 0.252 e. The Morgan fingerprint density at radius 1 is 1.46 bits per heavy atom. The molecule has 5 heteroatoms. The van der Waals surface area contributed by atoms with Crippen molar-refractivity contribution in [1.82, 2.24) is 15.2 Å². The molecule has 0 radical (unpaired) electrons. The molecule has 1 fully saturated rings. The Bertz CT molecular complexity index is 734. The molecule has 0 bridgehead atoms. The van der Waals surface area contributed by atoms with Crippen molar-refractivity contribution < 1.29 is 4.79 Å². The molecule has 1 saturated heterocycles. The van der Waals surface area contributed by atoms with Crippen LogP contribution in [0.25, 0.3) is 10.9 Å². The van der Waals surface area contributed by atoms with Crippen LogP contribution in [0.2, 0.25) is 5.15 Å². The molecule has 1 amide bonds. The number of pyridine rings is 1. The maximum absolute atomic E-state index is 12.6. The zero-order valence-corrected chi connectivity index (χ0v) is 15.0. The molecule has 1 aromatic heterocycles. The zero-order chi connectivity index (χ0) is 17.1. The molecule has 2 aromatic rings. The number of carbonyl (C=O) groups excluding carboxylic acids is 1. The van der Waals surface area contributed by atoms with Crippen molar-refractivity contribution in [3.05, 3.63) is 41.0 Å². The van der Waals surface area contributed by atoms with Gasteiger partial charge in [-0.25, -0.2) is 4.98 Å². The Hall–Kier alpha value is -1.65. The van der Waals surface area contributed by atoms with Gasteiger partial charge in [0.1, 0.15) is 5.15 Å².